The lowest BCUT2D eigenvalue weighted by molar-refractivity contribution is -0.279. The van der Waals surface area contributed by atoms with E-state index in [1.165, 1.54) is 48.5 Å². The monoisotopic (exact) mass is 739 g/mol. The number of hydrogen-bond donors (Lipinski definition) is 1. The fourth-order valence-corrected chi connectivity index (χ4v) is 4.94. The minimum atomic E-state index is -2.40. The molecule has 14 heteroatoms. The lowest BCUT2D eigenvalue weighted by Gasteiger charge is -2.44. The van der Waals surface area contributed by atoms with Crippen molar-refractivity contribution in [3.05, 3.63) is 144 Å². The van der Waals surface area contributed by atoms with Gasteiger partial charge in [-0.25, -0.2) is 19.2 Å². The summed E-state index contributed by atoms with van der Waals surface area (Å²) in [6.45, 7) is -0.597. The number of halogens is 3. The zero-order chi connectivity index (χ0) is 35.7. The first-order chi connectivity index (χ1) is 24.0. The molecule has 1 fully saturated rings. The molecule has 4 aromatic carbocycles. The van der Waals surface area contributed by atoms with Crippen molar-refractivity contribution in [3.8, 4) is 0 Å². The highest BCUT2D eigenvalue weighted by Crippen LogP contribution is 2.35. The molecule has 0 saturated carbocycles. The molecule has 11 nitrogen and oxygen atoms in total. The Kier molecular flexibility index (Phi) is 12.1. The molecule has 0 radical (unpaired) electrons. The van der Waals surface area contributed by atoms with E-state index in [-0.39, 0.29) is 22.3 Å². The summed E-state index contributed by atoms with van der Waals surface area (Å²) in [6.07, 6.45) is -8.34. The molecule has 1 saturated heterocycles. The predicted octanol–water partition coefficient (Wildman–Crippen LogP) is 6.61. The Labute approximate surface area is 301 Å². The van der Waals surface area contributed by atoms with Crippen LogP contribution < -0.4 is 0 Å². The molecule has 1 aliphatic rings. The normalized spacial score (nSPS) is 20.1. The molecule has 1 heterocycles. The zero-order valence-corrected chi connectivity index (χ0v) is 28.1. The maximum absolute atomic E-state index is 13.6. The van der Waals surface area contributed by atoms with Crippen molar-refractivity contribution in [1.29, 1.82) is 5.41 Å². The molecule has 0 aromatic heterocycles. The van der Waals surface area contributed by atoms with Crippen LogP contribution in [0.2, 0.25) is 0 Å². The Morgan fingerprint density at radius 1 is 0.540 bits per heavy atom. The van der Waals surface area contributed by atoms with Crippen LogP contribution in [0.25, 0.3) is 0 Å². The van der Waals surface area contributed by atoms with Gasteiger partial charge in [-0.2, -0.15) is 0 Å². The number of hydrogen-bond acceptors (Lipinski definition) is 11. The zero-order valence-electron chi connectivity index (χ0n) is 25.9. The van der Waals surface area contributed by atoms with Gasteiger partial charge >= 0.3 is 23.9 Å². The van der Waals surface area contributed by atoms with E-state index in [1.54, 1.807) is 72.8 Å². The first-order valence-corrected chi connectivity index (χ1v) is 16.1. The van der Waals surface area contributed by atoms with Crippen LogP contribution in [0.5, 0.6) is 0 Å². The van der Waals surface area contributed by atoms with Gasteiger partial charge in [0.1, 0.15) is 12.7 Å². The fourth-order valence-electron chi connectivity index (χ4n) is 4.81. The molecule has 0 bridgehead atoms. The van der Waals surface area contributed by atoms with Crippen LogP contribution in [-0.2, 0) is 28.4 Å². The third-order valence-corrected chi connectivity index (χ3v) is 7.74. The van der Waals surface area contributed by atoms with Crippen LogP contribution in [0.15, 0.2) is 121 Å². The van der Waals surface area contributed by atoms with Gasteiger partial charge in [-0.15, -0.1) is 0 Å². The van der Waals surface area contributed by atoms with Crippen LogP contribution >= 0.6 is 34.8 Å². The van der Waals surface area contributed by atoms with Crippen molar-refractivity contribution in [3.63, 3.8) is 0 Å². The first-order valence-electron chi connectivity index (χ1n) is 15.0. The van der Waals surface area contributed by atoms with Crippen LogP contribution in [0.1, 0.15) is 41.4 Å². The van der Waals surface area contributed by atoms with Crippen LogP contribution in [0.4, 0.5) is 0 Å². The van der Waals surface area contributed by atoms with Gasteiger partial charge in [0, 0.05) is 0 Å². The third-order valence-electron chi connectivity index (χ3n) is 7.23. The Morgan fingerprint density at radius 3 is 1.30 bits per heavy atom. The number of carbonyl (C=O) groups is 4. The molecule has 0 unspecified atom stereocenters. The number of rotatable bonds is 10. The Morgan fingerprint density at radius 2 is 0.900 bits per heavy atom. The summed E-state index contributed by atoms with van der Waals surface area (Å²) in [7, 11) is 0. The number of ether oxygens (including phenoxy) is 6. The number of alkyl halides is 3. The van der Waals surface area contributed by atoms with Crippen molar-refractivity contribution >= 4 is 64.6 Å². The minimum Gasteiger partial charge on any atom is -0.459 e. The summed E-state index contributed by atoms with van der Waals surface area (Å²) in [6, 6.07) is 31.5. The smallest absolute Gasteiger partial charge is 0.338 e. The van der Waals surface area contributed by atoms with E-state index in [0.717, 1.165) is 0 Å². The van der Waals surface area contributed by atoms with E-state index in [9.17, 15) is 19.2 Å². The van der Waals surface area contributed by atoms with Crippen LogP contribution in [0, 0.1) is 5.41 Å². The van der Waals surface area contributed by atoms with Gasteiger partial charge in [-0.3, -0.25) is 5.41 Å². The Balaban J connectivity index is 1.58. The van der Waals surface area contributed by atoms with Crippen LogP contribution in [0.3, 0.4) is 0 Å². The molecule has 50 heavy (non-hydrogen) atoms. The molecule has 5 rings (SSSR count). The number of esters is 4. The fraction of sp³-hybridized carbons (Fsp3) is 0.194. The second-order valence-electron chi connectivity index (χ2n) is 10.7. The summed E-state index contributed by atoms with van der Waals surface area (Å²) >= 11 is 17.8. The predicted molar refractivity (Wildman–Crippen MR) is 181 cm³/mol. The molecule has 258 valence electrons. The van der Waals surface area contributed by atoms with Crippen molar-refractivity contribution in [2.45, 2.75) is 34.5 Å². The topological polar surface area (TPSA) is 148 Å². The van der Waals surface area contributed by atoms with E-state index in [0.29, 0.717) is 0 Å². The highest BCUT2D eigenvalue weighted by molar-refractivity contribution is 6.76. The quantitative estimate of drug-likeness (QED) is 0.0620. The Hall–Kier alpha value is -4.94. The summed E-state index contributed by atoms with van der Waals surface area (Å²) in [5.74, 6) is -4.41. The van der Waals surface area contributed by atoms with E-state index in [4.69, 9.17) is 68.6 Å². The summed E-state index contributed by atoms with van der Waals surface area (Å²) in [4.78, 5) is 53.5. The number of benzene rings is 4. The number of carbonyl (C=O) groups excluding carboxylic acids is 4. The second kappa shape index (κ2) is 16.6. The van der Waals surface area contributed by atoms with Crippen molar-refractivity contribution < 1.29 is 47.6 Å². The Bertz CT molecular complexity index is 1790. The summed E-state index contributed by atoms with van der Waals surface area (Å²) < 4.78 is 32.5. The van der Waals surface area contributed by atoms with Gasteiger partial charge < -0.3 is 28.4 Å². The average Bonchev–Trinajstić information content (AvgIpc) is 3.13. The molecular formula is C36H28Cl3NO10. The lowest BCUT2D eigenvalue weighted by atomic mass is 9.97. The SMILES string of the molecule is N=C(O[C@H]1O[C@H](COC(=O)c2ccccc2)[C@@H](OC(=O)c2ccccc2)[C@H](OC(=O)c2ccccc2)[C@H]1OC(=O)c1ccccc1)C(Cl)(Cl)Cl. The maximum Gasteiger partial charge on any atom is 0.338 e. The molecule has 1 N–H and O–H groups in total. The molecule has 5 atom stereocenters. The molecule has 4 aromatic rings. The van der Waals surface area contributed by atoms with Crippen molar-refractivity contribution in [2.24, 2.45) is 0 Å². The standard InChI is InChI=1S/C36H28Cl3NO10/c37-36(38,39)35(40)50-34-29(49-33(44)25-19-11-4-12-20-25)28(48-32(43)24-17-9-3-10-18-24)27(47-31(42)23-15-7-2-8-16-23)26(46-34)21-45-30(41)22-13-5-1-6-14-22/h1-20,26-29,34,40H,21H2/t26-,27-,28+,29-,34-/m1/s1. The number of nitrogens with one attached hydrogen (secondary N) is 1. The second-order valence-corrected chi connectivity index (χ2v) is 12.9. The minimum absolute atomic E-state index is 0.0904. The molecule has 1 aliphatic heterocycles. The molecule has 0 spiro atoms. The largest absolute Gasteiger partial charge is 0.459 e. The first kappa shape index (κ1) is 36.3. The molecule has 0 aliphatic carbocycles. The van der Waals surface area contributed by atoms with Crippen LogP contribution in [-0.4, -0.2) is 70.9 Å². The summed E-state index contributed by atoms with van der Waals surface area (Å²) in [5.41, 5.74) is 0.509. The van der Waals surface area contributed by atoms with Gasteiger partial charge in [0.15, 0.2) is 12.2 Å². The van der Waals surface area contributed by atoms with Crippen molar-refractivity contribution in [2.75, 3.05) is 6.61 Å². The van der Waals surface area contributed by atoms with Gasteiger partial charge in [0.05, 0.1) is 22.3 Å². The summed E-state index contributed by atoms with van der Waals surface area (Å²) in [5, 5.41) is 8.26. The van der Waals surface area contributed by atoms with Gasteiger partial charge in [-0.1, -0.05) is 108 Å². The van der Waals surface area contributed by atoms with Gasteiger partial charge in [-0.05, 0) is 48.5 Å². The third kappa shape index (κ3) is 9.39. The molecular weight excluding hydrogens is 713 g/mol. The van der Waals surface area contributed by atoms with Gasteiger partial charge in [0.25, 0.3) is 3.79 Å². The highest BCUT2D eigenvalue weighted by Gasteiger charge is 2.55. The van der Waals surface area contributed by atoms with E-state index >= 15 is 0 Å². The van der Waals surface area contributed by atoms with E-state index in [2.05, 4.69) is 0 Å². The van der Waals surface area contributed by atoms with Gasteiger partial charge in [0.2, 0.25) is 18.3 Å². The van der Waals surface area contributed by atoms with E-state index < -0.39 is 70.9 Å². The highest BCUT2D eigenvalue weighted by atomic mass is 35.6. The van der Waals surface area contributed by atoms with Crippen molar-refractivity contribution in [1.82, 2.24) is 0 Å². The molecule has 0 amide bonds. The van der Waals surface area contributed by atoms with E-state index in [1.807, 2.05) is 0 Å². The maximum atomic E-state index is 13.6. The average molecular weight is 741 g/mol. The lowest BCUT2D eigenvalue weighted by Crippen LogP contribution is -2.63.